The summed E-state index contributed by atoms with van der Waals surface area (Å²) in [4.78, 5) is 28.3. The van der Waals surface area contributed by atoms with Crippen LogP contribution in [-0.2, 0) is 22.4 Å². The molecule has 5 heteroatoms. The number of hydrogen-bond donors (Lipinski definition) is 3. The maximum Gasteiger partial charge on any atom is 0.232 e. The van der Waals surface area contributed by atoms with E-state index in [0.29, 0.717) is 17.6 Å². The van der Waals surface area contributed by atoms with Crippen LogP contribution in [-0.4, -0.2) is 16.9 Å². The van der Waals surface area contributed by atoms with E-state index in [4.69, 9.17) is 5.73 Å². The highest BCUT2D eigenvalue weighted by Gasteiger charge is 2.55. The zero-order valence-corrected chi connectivity index (χ0v) is 23.9. The average molecular weight is 529 g/mol. The number of aryl methyl sites for hydroxylation is 2. The van der Waals surface area contributed by atoms with Crippen molar-refractivity contribution in [1.82, 2.24) is 5.32 Å². The van der Waals surface area contributed by atoms with Crippen LogP contribution in [0.4, 0.5) is 5.69 Å². The van der Waals surface area contributed by atoms with E-state index in [2.05, 4.69) is 45.1 Å². The van der Waals surface area contributed by atoms with Crippen LogP contribution in [0, 0.1) is 34.5 Å². The van der Waals surface area contributed by atoms with Crippen molar-refractivity contribution in [1.29, 1.82) is 0 Å². The first-order chi connectivity index (χ1) is 18.5. The summed E-state index contributed by atoms with van der Waals surface area (Å²) in [6, 6.07) is 12.0. The molecule has 0 radical (unpaired) electrons. The average Bonchev–Trinajstić information content (AvgIpc) is 2.91. The number of nitrogens with two attached hydrogens (primary N) is 1. The van der Waals surface area contributed by atoms with E-state index in [9.17, 15) is 14.7 Å². The van der Waals surface area contributed by atoms with Crippen molar-refractivity contribution >= 4 is 17.5 Å². The van der Waals surface area contributed by atoms with Crippen LogP contribution in [0.1, 0.15) is 100 Å². The number of aromatic hydroxyl groups is 1. The number of amides is 2. The number of hydrogen-bond acceptors (Lipinski definition) is 4. The number of phenols is 1. The Kier molecular flexibility index (Phi) is 6.35. The van der Waals surface area contributed by atoms with E-state index < -0.39 is 10.8 Å². The normalized spacial score (nSPS) is 37.0. The number of benzene rings is 2. The highest BCUT2D eigenvalue weighted by Crippen LogP contribution is 2.58. The van der Waals surface area contributed by atoms with Crippen molar-refractivity contribution < 1.29 is 14.7 Å². The topological polar surface area (TPSA) is 92.4 Å². The number of nitrogens with one attached hydrogen (secondary N) is 1. The lowest BCUT2D eigenvalue weighted by atomic mass is 9.52. The second-order valence-corrected chi connectivity index (χ2v) is 13.8. The van der Waals surface area contributed by atoms with Crippen LogP contribution in [0.25, 0.3) is 0 Å². The monoisotopic (exact) mass is 528 g/mol. The summed E-state index contributed by atoms with van der Waals surface area (Å²) < 4.78 is 0. The molecule has 0 aliphatic heterocycles. The Morgan fingerprint density at radius 1 is 0.795 bits per heavy atom. The molecule has 5 nitrogen and oxygen atoms in total. The van der Waals surface area contributed by atoms with E-state index in [1.165, 1.54) is 22.3 Å². The molecule has 0 unspecified atom stereocenters. The number of phenolic OH excluding ortho intramolecular Hbond substituents is 1. The molecule has 6 rings (SSSR count). The van der Waals surface area contributed by atoms with Crippen molar-refractivity contribution in [2.45, 2.75) is 90.9 Å². The number of nitrogen functional groups attached to an aromatic ring is 1. The summed E-state index contributed by atoms with van der Waals surface area (Å²) in [6.07, 6.45) is 7.24. The van der Waals surface area contributed by atoms with Crippen molar-refractivity contribution in [2.75, 3.05) is 5.73 Å². The molecule has 2 saturated carbocycles. The molecule has 0 bridgehead atoms. The van der Waals surface area contributed by atoms with Gasteiger partial charge in [-0.15, -0.1) is 0 Å². The van der Waals surface area contributed by atoms with Crippen molar-refractivity contribution in [2.24, 2.45) is 34.5 Å². The number of fused-ring (bicyclic) bond motifs is 6. The Bertz CT molecular complexity index is 1220. The molecule has 0 saturated heterocycles. The second-order valence-electron chi connectivity index (χ2n) is 13.8. The summed E-state index contributed by atoms with van der Waals surface area (Å²) in [7, 11) is 0. The molecule has 0 aromatic heterocycles. The van der Waals surface area contributed by atoms with Gasteiger partial charge in [0.1, 0.15) is 5.75 Å². The smallest absolute Gasteiger partial charge is 0.232 e. The molecule has 2 aromatic carbocycles. The number of anilines is 1. The van der Waals surface area contributed by atoms with Gasteiger partial charge in [-0.3, -0.25) is 14.9 Å². The minimum absolute atomic E-state index is 0.0907. The van der Waals surface area contributed by atoms with Crippen LogP contribution in [0.2, 0.25) is 0 Å². The van der Waals surface area contributed by atoms with Gasteiger partial charge in [-0.1, -0.05) is 39.8 Å². The van der Waals surface area contributed by atoms with Gasteiger partial charge in [0.25, 0.3) is 0 Å². The largest absolute Gasteiger partial charge is 0.508 e. The molecule has 2 fully saturated rings. The lowest BCUT2D eigenvalue weighted by molar-refractivity contribution is -0.149. The Morgan fingerprint density at radius 3 is 1.82 bits per heavy atom. The molecule has 4 N–H and O–H groups in total. The summed E-state index contributed by atoms with van der Waals surface area (Å²) in [5.41, 5.74) is 10.9. The summed E-state index contributed by atoms with van der Waals surface area (Å²) in [6.45, 7) is 8.77. The Labute approximate surface area is 233 Å². The molecule has 4 aliphatic carbocycles. The minimum Gasteiger partial charge on any atom is -0.508 e. The van der Waals surface area contributed by atoms with E-state index in [1.54, 1.807) is 6.07 Å². The van der Waals surface area contributed by atoms with Gasteiger partial charge < -0.3 is 10.8 Å². The second kappa shape index (κ2) is 9.38. The Hall–Kier alpha value is -2.82. The number of rotatable bonds is 2. The molecule has 208 valence electrons. The maximum absolute atomic E-state index is 14.1. The van der Waals surface area contributed by atoms with Crippen molar-refractivity contribution in [3.8, 4) is 5.75 Å². The quantitative estimate of drug-likeness (QED) is 0.307. The molecule has 2 aromatic rings. The van der Waals surface area contributed by atoms with Gasteiger partial charge in [0.05, 0.1) is 10.8 Å². The van der Waals surface area contributed by atoms with E-state index in [1.807, 2.05) is 18.2 Å². The molecular formula is C34H44N2O3. The fourth-order valence-electron chi connectivity index (χ4n) is 9.26. The third-order valence-electron chi connectivity index (χ3n) is 11.7. The Morgan fingerprint density at radius 2 is 1.28 bits per heavy atom. The standard InChI is InChI=1S/C34H44N2O3/c1-19-13-15-33(3,27-11-7-21-5-9-23(35)17-25(21)29(19)27)31(38)36-32(39)34(4)16-14-20(2)30-26-18-24(37)10-6-22(26)8-12-28(30)34/h5-6,9-10,17-20,27-30,37H,7-8,11-16,35H2,1-4H3,(H,36,38,39)/t19-,20-,27+,28+,29+,30+,33-,34-/m0/s1. The summed E-state index contributed by atoms with van der Waals surface area (Å²) >= 11 is 0. The predicted molar refractivity (Wildman–Crippen MR) is 154 cm³/mol. The van der Waals surface area contributed by atoms with Crippen LogP contribution in [0.5, 0.6) is 5.75 Å². The first-order valence-corrected chi connectivity index (χ1v) is 15.1. The van der Waals surface area contributed by atoms with E-state index >= 15 is 0 Å². The van der Waals surface area contributed by atoms with Gasteiger partial charge in [0.2, 0.25) is 11.8 Å². The number of carbonyl (C=O) groups excluding carboxylic acids is 2. The van der Waals surface area contributed by atoms with Crippen molar-refractivity contribution in [3.63, 3.8) is 0 Å². The van der Waals surface area contributed by atoms with Crippen LogP contribution < -0.4 is 11.1 Å². The first kappa shape index (κ1) is 26.4. The third kappa shape index (κ3) is 4.10. The Balaban J connectivity index is 1.26. The van der Waals surface area contributed by atoms with Gasteiger partial charge in [-0.2, -0.15) is 0 Å². The molecule has 0 spiro atoms. The molecule has 4 aliphatic rings. The molecule has 8 atom stereocenters. The third-order valence-corrected chi connectivity index (χ3v) is 11.7. The highest BCUT2D eigenvalue weighted by atomic mass is 16.3. The van der Waals surface area contributed by atoms with Crippen molar-refractivity contribution in [3.05, 3.63) is 58.7 Å². The number of imide groups is 1. The minimum atomic E-state index is -0.610. The highest BCUT2D eigenvalue weighted by molar-refractivity contribution is 6.00. The van der Waals surface area contributed by atoms with Gasteiger partial charge >= 0.3 is 0 Å². The van der Waals surface area contributed by atoms with Gasteiger partial charge in [-0.05, 0) is 133 Å². The zero-order valence-electron chi connectivity index (χ0n) is 23.9. The van der Waals surface area contributed by atoms with Gasteiger partial charge in [-0.25, -0.2) is 0 Å². The van der Waals surface area contributed by atoms with Gasteiger partial charge in [0.15, 0.2) is 0 Å². The van der Waals surface area contributed by atoms with E-state index in [-0.39, 0.29) is 35.5 Å². The fraction of sp³-hybridized carbons (Fsp3) is 0.588. The number of carbonyl (C=O) groups is 2. The lowest BCUT2D eigenvalue weighted by Crippen LogP contribution is -2.57. The first-order valence-electron chi connectivity index (χ1n) is 15.1. The SMILES string of the molecule is C[C@H]1CC[C@](C)(C(=O)NC(=O)[C@@]2(C)CC[C@H](C)[C@@H]3c4cc(O)ccc4CC[C@H]32)[C@@H]2CCc3ccc(N)cc3[C@H]21. The summed E-state index contributed by atoms with van der Waals surface area (Å²) in [5, 5.41) is 13.3. The fourth-order valence-corrected chi connectivity index (χ4v) is 9.26. The molecular weight excluding hydrogens is 484 g/mol. The van der Waals surface area contributed by atoms with Crippen LogP contribution in [0.15, 0.2) is 36.4 Å². The van der Waals surface area contributed by atoms with E-state index in [0.717, 1.165) is 57.1 Å². The maximum atomic E-state index is 14.1. The van der Waals surface area contributed by atoms with Gasteiger partial charge in [0, 0.05) is 5.69 Å². The zero-order chi connectivity index (χ0) is 27.7. The molecule has 2 amide bonds. The van der Waals surface area contributed by atoms with Crippen LogP contribution in [0.3, 0.4) is 0 Å². The lowest BCUT2D eigenvalue weighted by Gasteiger charge is -2.52. The predicted octanol–water partition coefficient (Wildman–Crippen LogP) is 6.48. The molecule has 39 heavy (non-hydrogen) atoms. The van der Waals surface area contributed by atoms with Crippen LogP contribution >= 0.6 is 0 Å². The summed E-state index contributed by atoms with van der Waals surface area (Å²) in [5.74, 6) is 1.86. The molecule has 0 heterocycles.